The second kappa shape index (κ2) is 8.92. The number of aromatic nitrogens is 3. The fraction of sp³-hybridized carbons (Fsp3) is 0.160. The fourth-order valence-corrected chi connectivity index (χ4v) is 5.11. The first kappa shape index (κ1) is 21.6. The Labute approximate surface area is 201 Å². The average molecular weight is 476 g/mol. The molecule has 33 heavy (non-hydrogen) atoms. The number of benzene rings is 3. The van der Waals surface area contributed by atoms with Crippen LogP contribution in [0.2, 0.25) is 5.02 Å². The number of carbonyl (C=O) groups excluding carboxylic acids is 1. The quantitative estimate of drug-likeness (QED) is 0.401. The highest BCUT2D eigenvalue weighted by atomic mass is 35.5. The van der Waals surface area contributed by atoms with Crippen molar-refractivity contribution in [3.63, 3.8) is 0 Å². The number of thioether (sulfide) groups is 1. The summed E-state index contributed by atoms with van der Waals surface area (Å²) in [6.45, 7) is 4.03. The van der Waals surface area contributed by atoms with E-state index in [-0.39, 0.29) is 11.9 Å². The van der Waals surface area contributed by atoms with Crippen LogP contribution in [0.15, 0.2) is 78.0 Å². The van der Waals surface area contributed by atoms with E-state index in [9.17, 15) is 4.79 Å². The molecule has 3 aromatic carbocycles. The number of hydrogen-bond donors (Lipinski definition) is 2. The zero-order chi connectivity index (χ0) is 22.9. The van der Waals surface area contributed by atoms with Gasteiger partial charge in [0.1, 0.15) is 5.25 Å². The summed E-state index contributed by atoms with van der Waals surface area (Å²) in [4.78, 5) is 13.5. The Balaban J connectivity index is 1.51. The SMILES string of the molecule is Cc1ccc(NC(=O)[C@@H]2Sc3nnc(-c4ccccc4)n3N[C@H]2c2ccc(Cl)cc2)c(C)c1. The third-order valence-corrected chi connectivity index (χ3v) is 7.06. The minimum absolute atomic E-state index is 0.102. The van der Waals surface area contributed by atoms with Crippen molar-refractivity contribution in [3.05, 3.63) is 94.5 Å². The summed E-state index contributed by atoms with van der Waals surface area (Å²) in [6.07, 6.45) is 0. The number of nitrogens with one attached hydrogen (secondary N) is 2. The predicted octanol–water partition coefficient (Wildman–Crippen LogP) is 5.61. The molecule has 0 saturated carbocycles. The second-order valence-corrected chi connectivity index (χ2v) is 9.56. The van der Waals surface area contributed by atoms with E-state index in [0.29, 0.717) is 16.0 Å². The lowest BCUT2D eigenvalue weighted by molar-refractivity contribution is -0.116. The van der Waals surface area contributed by atoms with Gasteiger partial charge in [-0.2, -0.15) is 0 Å². The number of aryl methyl sites for hydroxylation is 2. The Morgan fingerprint density at radius 2 is 1.79 bits per heavy atom. The number of hydrogen-bond acceptors (Lipinski definition) is 5. The molecule has 0 radical (unpaired) electrons. The molecule has 1 aliphatic heterocycles. The molecule has 0 fully saturated rings. The molecule has 4 aromatic rings. The van der Waals surface area contributed by atoms with Crippen LogP contribution in [0.3, 0.4) is 0 Å². The monoisotopic (exact) mass is 475 g/mol. The summed E-state index contributed by atoms with van der Waals surface area (Å²) < 4.78 is 1.86. The molecule has 2 atom stereocenters. The minimum Gasteiger partial charge on any atom is -0.325 e. The van der Waals surface area contributed by atoms with Crippen LogP contribution in [0.4, 0.5) is 5.69 Å². The van der Waals surface area contributed by atoms with Gasteiger partial charge >= 0.3 is 0 Å². The molecular weight excluding hydrogens is 454 g/mol. The highest BCUT2D eigenvalue weighted by molar-refractivity contribution is 8.00. The van der Waals surface area contributed by atoms with Crippen LogP contribution < -0.4 is 10.7 Å². The molecule has 6 nitrogen and oxygen atoms in total. The third-order valence-electron chi connectivity index (χ3n) is 5.60. The first-order valence-electron chi connectivity index (χ1n) is 10.6. The molecule has 8 heteroatoms. The number of anilines is 1. The standard InChI is InChI=1S/C25H22ClN5OS/c1-15-8-13-20(16(2)14-15)27-24(32)22-21(17-9-11-19(26)12-10-17)30-31-23(28-29-25(31)33-22)18-6-4-3-5-7-18/h3-14,21-22,30H,1-2H3,(H,27,32)/t21-,22+/m0/s1. The zero-order valence-electron chi connectivity index (χ0n) is 18.1. The zero-order valence-corrected chi connectivity index (χ0v) is 19.7. The summed E-state index contributed by atoms with van der Waals surface area (Å²) in [7, 11) is 0. The highest BCUT2D eigenvalue weighted by Crippen LogP contribution is 2.39. The smallest absolute Gasteiger partial charge is 0.240 e. The van der Waals surface area contributed by atoms with Gasteiger partial charge in [0.15, 0.2) is 5.82 Å². The van der Waals surface area contributed by atoms with Crippen molar-refractivity contribution in [2.75, 3.05) is 10.7 Å². The van der Waals surface area contributed by atoms with Crippen LogP contribution in [0.1, 0.15) is 22.7 Å². The molecule has 0 aliphatic carbocycles. The fourth-order valence-electron chi connectivity index (χ4n) is 3.91. The van der Waals surface area contributed by atoms with E-state index in [1.54, 1.807) is 0 Å². The van der Waals surface area contributed by atoms with Gasteiger partial charge in [-0.1, -0.05) is 83.5 Å². The van der Waals surface area contributed by atoms with Gasteiger partial charge < -0.3 is 10.7 Å². The number of amides is 1. The van der Waals surface area contributed by atoms with Crippen LogP contribution in [0, 0.1) is 13.8 Å². The number of carbonyl (C=O) groups is 1. The molecule has 1 aliphatic rings. The largest absolute Gasteiger partial charge is 0.325 e. The topological polar surface area (TPSA) is 71.8 Å². The van der Waals surface area contributed by atoms with Crippen LogP contribution in [-0.4, -0.2) is 26.0 Å². The number of rotatable bonds is 4. The molecule has 2 N–H and O–H groups in total. The average Bonchev–Trinajstić information content (AvgIpc) is 3.24. The van der Waals surface area contributed by atoms with Crippen molar-refractivity contribution >= 4 is 35.0 Å². The van der Waals surface area contributed by atoms with Gasteiger partial charge in [0.2, 0.25) is 11.1 Å². The minimum atomic E-state index is -0.466. The molecule has 0 unspecified atom stereocenters. The Kier molecular flexibility index (Phi) is 5.83. The molecule has 1 aromatic heterocycles. The Morgan fingerprint density at radius 1 is 1.03 bits per heavy atom. The molecular formula is C25H22ClN5OS. The van der Waals surface area contributed by atoms with Crippen molar-refractivity contribution in [1.82, 2.24) is 14.9 Å². The van der Waals surface area contributed by atoms with Crippen molar-refractivity contribution in [3.8, 4) is 11.4 Å². The molecule has 166 valence electrons. The molecule has 1 amide bonds. The van der Waals surface area contributed by atoms with Gasteiger partial charge in [-0.15, -0.1) is 10.2 Å². The van der Waals surface area contributed by atoms with Gasteiger partial charge in [-0.25, -0.2) is 4.68 Å². The van der Waals surface area contributed by atoms with Crippen LogP contribution in [-0.2, 0) is 4.79 Å². The third kappa shape index (κ3) is 4.34. The highest BCUT2D eigenvalue weighted by Gasteiger charge is 2.38. The van der Waals surface area contributed by atoms with E-state index in [0.717, 1.165) is 27.9 Å². The lowest BCUT2D eigenvalue weighted by Crippen LogP contribution is -2.41. The van der Waals surface area contributed by atoms with Crippen LogP contribution >= 0.6 is 23.4 Å². The second-order valence-electron chi connectivity index (χ2n) is 8.01. The van der Waals surface area contributed by atoms with Crippen molar-refractivity contribution in [1.29, 1.82) is 0 Å². The van der Waals surface area contributed by atoms with Gasteiger partial charge in [-0.05, 0) is 43.2 Å². The van der Waals surface area contributed by atoms with E-state index < -0.39 is 5.25 Å². The van der Waals surface area contributed by atoms with Crippen molar-refractivity contribution in [2.45, 2.75) is 30.3 Å². The first-order valence-corrected chi connectivity index (χ1v) is 11.8. The van der Waals surface area contributed by atoms with E-state index in [2.05, 4.69) is 27.0 Å². The normalized spacial score (nSPS) is 17.2. The van der Waals surface area contributed by atoms with Crippen molar-refractivity contribution < 1.29 is 4.79 Å². The first-order chi connectivity index (χ1) is 16.0. The summed E-state index contributed by atoms with van der Waals surface area (Å²) in [5.41, 5.74) is 8.36. The van der Waals surface area contributed by atoms with Gasteiger partial charge in [0.25, 0.3) is 0 Å². The lowest BCUT2D eigenvalue weighted by Gasteiger charge is -2.33. The maximum atomic E-state index is 13.5. The number of halogens is 1. The van der Waals surface area contributed by atoms with E-state index >= 15 is 0 Å². The lowest BCUT2D eigenvalue weighted by atomic mass is 10.0. The molecule has 0 spiro atoms. The summed E-state index contributed by atoms with van der Waals surface area (Å²) in [6, 6.07) is 23.1. The van der Waals surface area contributed by atoms with E-state index in [1.165, 1.54) is 11.8 Å². The maximum absolute atomic E-state index is 13.5. The summed E-state index contributed by atoms with van der Waals surface area (Å²) in [5, 5.41) is 12.7. The maximum Gasteiger partial charge on any atom is 0.240 e. The Hall–Kier alpha value is -3.29. The molecule has 0 saturated heterocycles. The number of fused-ring (bicyclic) bond motifs is 1. The summed E-state index contributed by atoms with van der Waals surface area (Å²) >= 11 is 7.52. The van der Waals surface area contributed by atoms with Gasteiger partial charge in [0.05, 0.1) is 6.04 Å². The number of nitrogens with zero attached hydrogens (tertiary/aromatic N) is 3. The van der Waals surface area contributed by atoms with E-state index in [4.69, 9.17) is 11.6 Å². The Morgan fingerprint density at radius 3 is 2.52 bits per heavy atom. The van der Waals surface area contributed by atoms with Crippen LogP contribution in [0.5, 0.6) is 0 Å². The Bertz CT molecular complexity index is 1310. The predicted molar refractivity (Wildman–Crippen MR) is 133 cm³/mol. The summed E-state index contributed by atoms with van der Waals surface area (Å²) in [5.74, 6) is 0.597. The molecule has 2 heterocycles. The van der Waals surface area contributed by atoms with E-state index in [1.807, 2.05) is 85.3 Å². The van der Waals surface area contributed by atoms with Gasteiger partial charge in [-0.3, -0.25) is 4.79 Å². The molecule has 5 rings (SSSR count). The molecule has 0 bridgehead atoms. The van der Waals surface area contributed by atoms with Crippen molar-refractivity contribution in [2.24, 2.45) is 0 Å². The van der Waals surface area contributed by atoms with Gasteiger partial charge in [0, 0.05) is 16.3 Å². The van der Waals surface area contributed by atoms with Crippen LogP contribution in [0.25, 0.3) is 11.4 Å².